The minimum Gasteiger partial charge on any atom is -0.387 e. The monoisotopic (exact) mass is 257 g/mol. The largest absolute Gasteiger partial charge is 0.387 e. The second kappa shape index (κ2) is 6.14. The summed E-state index contributed by atoms with van der Waals surface area (Å²) in [6, 6.07) is 6.40. The third-order valence-corrected chi connectivity index (χ3v) is 4.34. The summed E-state index contributed by atoms with van der Waals surface area (Å²) in [6.45, 7) is 4.84. The molecule has 5 heteroatoms. The van der Waals surface area contributed by atoms with E-state index in [1.165, 1.54) is 0 Å². The molecular formula is C12H19NO3S. The van der Waals surface area contributed by atoms with Crippen molar-refractivity contribution in [1.29, 1.82) is 0 Å². The van der Waals surface area contributed by atoms with Gasteiger partial charge in [-0.25, -0.2) is 8.42 Å². The molecule has 0 aliphatic carbocycles. The van der Waals surface area contributed by atoms with E-state index < -0.39 is 15.9 Å². The molecule has 17 heavy (non-hydrogen) atoms. The summed E-state index contributed by atoms with van der Waals surface area (Å²) in [4.78, 5) is 0.305. The van der Waals surface area contributed by atoms with Crippen molar-refractivity contribution in [3.05, 3.63) is 29.8 Å². The fraction of sp³-hybridized carbons (Fsp3) is 0.500. The van der Waals surface area contributed by atoms with E-state index >= 15 is 0 Å². The van der Waals surface area contributed by atoms with Crippen LogP contribution in [0.25, 0.3) is 0 Å². The molecule has 96 valence electrons. The van der Waals surface area contributed by atoms with Crippen LogP contribution < -0.4 is 5.32 Å². The van der Waals surface area contributed by atoms with Crippen LogP contribution in [0.4, 0.5) is 0 Å². The predicted molar refractivity (Wildman–Crippen MR) is 67.7 cm³/mol. The Kier molecular flexibility index (Phi) is 5.11. The maximum Gasteiger partial charge on any atom is 0.178 e. The number of hydrogen-bond donors (Lipinski definition) is 2. The molecule has 2 N–H and O–H groups in total. The van der Waals surface area contributed by atoms with Gasteiger partial charge in [0.2, 0.25) is 0 Å². The minimum absolute atomic E-state index is 0.0896. The molecule has 1 aromatic rings. The Bertz CT molecular complexity index is 439. The summed E-state index contributed by atoms with van der Waals surface area (Å²) < 4.78 is 23.2. The van der Waals surface area contributed by atoms with Crippen molar-refractivity contribution in [2.24, 2.45) is 0 Å². The zero-order valence-electron chi connectivity index (χ0n) is 10.2. The lowest BCUT2D eigenvalue weighted by Gasteiger charge is -2.11. The van der Waals surface area contributed by atoms with E-state index in [4.69, 9.17) is 0 Å². The molecule has 0 aliphatic rings. The third-order valence-electron chi connectivity index (χ3n) is 2.59. The second-order valence-corrected chi connectivity index (χ2v) is 6.07. The molecule has 0 amide bonds. The van der Waals surface area contributed by atoms with Gasteiger partial charge in [-0.2, -0.15) is 0 Å². The standard InChI is InChI=1S/C12H19NO3S/c1-3-13-9-12(14)10-5-7-11(8-6-10)17(15,16)4-2/h5-8,12-14H,3-4,9H2,1-2H3. The van der Waals surface area contributed by atoms with Gasteiger partial charge in [0.15, 0.2) is 9.84 Å². The number of rotatable bonds is 6. The van der Waals surface area contributed by atoms with Gasteiger partial charge >= 0.3 is 0 Å². The number of benzene rings is 1. The smallest absolute Gasteiger partial charge is 0.178 e. The van der Waals surface area contributed by atoms with Crippen LogP contribution in [0.3, 0.4) is 0 Å². The number of aliphatic hydroxyl groups is 1. The summed E-state index contributed by atoms with van der Waals surface area (Å²) in [7, 11) is -3.15. The Labute approximate surface area is 103 Å². The predicted octanol–water partition coefficient (Wildman–Crippen LogP) is 1.12. The first kappa shape index (κ1) is 14.2. The zero-order valence-corrected chi connectivity index (χ0v) is 11.0. The summed E-state index contributed by atoms with van der Waals surface area (Å²) in [5.74, 6) is 0.0896. The summed E-state index contributed by atoms with van der Waals surface area (Å²) in [5, 5.41) is 12.8. The van der Waals surface area contributed by atoms with Gasteiger partial charge in [0.05, 0.1) is 16.8 Å². The highest BCUT2D eigenvalue weighted by molar-refractivity contribution is 7.91. The van der Waals surface area contributed by atoms with Gasteiger partial charge in [0.1, 0.15) is 0 Å². The lowest BCUT2D eigenvalue weighted by molar-refractivity contribution is 0.175. The molecule has 0 saturated heterocycles. The van der Waals surface area contributed by atoms with E-state index in [9.17, 15) is 13.5 Å². The lowest BCUT2D eigenvalue weighted by Crippen LogP contribution is -2.20. The number of sulfone groups is 1. The highest BCUT2D eigenvalue weighted by atomic mass is 32.2. The minimum atomic E-state index is -3.15. The van der Waals surface area contributed by atoms with Crippen LogP contribution in [0.1, 0.15) is 25.5 Å². The first-order valence-corrected chi connectivity index (χ1v) is 7.38. The molecule has 1 aromatic carbocycles. The van der Waals surface area contributed by atoms with Crippen molar-refractivity contribution < 1.29 is 13.5 Å². The quantitative estimate of drug-likeness (QED) is 0.801. The number of likely N-dealkylation sites (N-methyl/N-ethyl adjacent to an activating group) is 1. The Morgan fingerprint density at radius 3 is 2.29 bits per heavy atom. The van der Waals surface area contributed by atoms with E-state index in [2.05, 4.69) is 5.32 Å². The molecule has 0 aliphatic heterocycles. The van der Waals surface area contributed by atoms with Crippen LogP contribution in [0.15, 0.2) is 29.2 Å². The molecule has 4 nitrogen and oxygen atoms in total. The van der Waals surface area contributed by atoms with Crippen molar-refractivity contribution in [2.45, 2.75) is 24.8 Å². The maximum absolute atomic E-state index is 11.6. The first-order valence-electron chi connectivity index (χ1n) is 5.72. The molecule has 1 rings (SSSR count). The summed E-state index contributed by atoms with van der Waals surface area (Å²) in [5.41, 5.74) is 0.723. The highest BCUT2D eigenvalue weighted by Crippen LogP contribution is 2.16. The highest BCUT2D eigenvalue weighted by Gasteiger charge is 2.12. The van der Waals surface area contributed by atoms with Crippen LogP contribution in [0.5, 0.6) is 0 Å². The van der Waals surface area contributed by atoms with Crippen LogP contribution in [-0.2, 0) is 9.84 Å². The average molecular weight is 257 g/mol. The van der Waals surface area contributed by atoms with E-state index in [0.717, 1.165) is 12.1 Å². The molecule has 1 atom stereocenters. The van der Waals surface area contributed by atoms with E-state index in [1.807, 2.05) is 6.92 Å². The molecule has 0 heterocycles. The Morgan fingerprint density at radius 1 is 1.24 bits per heavy atom. The van der Waals surface area contributed by atoms with E-state index in [0.29, 0.717) is 11.4 Å². The van der Waals surface area contributed by atoms with Gasteiger partial charge in [0.25, 0.3) is 0 Å². The molecule has 0 spiro atoms. The van der Waals surface area contributed by atoms with Gasteiger partial charge in [-0.15, -0.1) is 0 Å². The Morgan fingerprint density at radius 2 is 1.82 bits per heavy atom. The van der Waals surface area contributed by atoms with Crippen LogP contribution in [0.2, 0.25) is 0 Å². The molecular weight excluding hydrogens is 238 g/mol. The van der Waals surface area contributed by atoms with Gasteiger partial charge < -0.3 is 10.4 Å². The first-order chi connectivity index (χ1) is 8.01. The van der Waals surface area contributed by atoms with Crippen molar-refractivity contribution in [3.63, 3.8) is 0 Å². The van der Waals surface area contributed by atoms with Crippen molar-refractivity contribution in [1.82, 2.24) is 5.32 Å². The number of nitrogens with one attached hydrogen (secondary N) is 1. The SMILES string of the molecule is CCNCC(O)c1ccc(S(=O)(=O)CC)cc1. The molecule has 1 unspecified atom stereocenters. The average Bonchev–Trinajstić information content (AvgIpc) is 2.36. The van der Waals surface area contributed by atoms with Crippen LogP contribution >= 0.6 is 0 Å². The molecule has 0 saturated carbocycles. The normalized spacial score (nSPS) is 13.6. The van der Waals surface area contributed by atoms with Crippen LogP contribution in [0, 0.1) is 0 Å². The number of aliphatic hydroxyl groups excluding tert-OH is 1. The maximum atomic E-state index is 11.6. The Hall–Kier alpha value is -0.910. The van der Waals surface area contributed by atoms with E-state index in [-0.39, 0.29) is 5.75 Å². The Balaban J connectivity index is 2.81. The molecule has 0 fully saturated rings. The third kappa shape index (κ3) is 3.80. The second-order valence-electron chi connectivity index (χ2n) is 3.80. The van der Waals surface area contributed by atoms with Crippen molar-refractivity contribution in [3.8, 4) is 0 Å². The van der Waals surface area contributed by atoms with Gasteiger partial charge in [-0.05, 0) is 24.2 Å². The van der Waals surface area contributed by atoms with Crippen LogP contribution in [-0.4, -0.2) is 32.4 Å². The summed E-state index contributed by atoms with van der Waals surface area (Å²) in [6.07, 6.45) is -0.603. The molecule has 0 radical (unpaired) electrons. The number of hydrogen-bond acceptors (Lipinski definition) is 4. The fourth-order valence-corrected chi connectivity index (χ4v) is 2.35. The van der Waals surface area contributed by atoms with E-state index in [1.54, 1.807) is 31.2 Å². The summed E-state index contributed by atoms with van der Waals surface area (Å²) >= 11 is 0. The lowest BCUT2D eigenvalue weighted by atomic mass is 10.1. The zero-order chi connectivity index (χ0) is 12.9. The topological polar surface area (TPSA) is 66.4 Å². The van der Waals surface area contributed by atoms with Gasteiger partial charge in [-0.1, -0.05) is 26.0 Å². The molecule has 0 aromatic heterocycles. The fourth-order valence-electron chi connectivity index (χ4n) is 1.46. The van der Waals surface area contributed by atoms with Crippen molar-refractivity contribution >= 4 is 9.84 Å². The van der Waals surface area contributed by atoms with Gasteiger partial charge in [0, 0.05) is 6.54 Å². The van der Waals surface area contributed by atoms with Crippen molar-refractivity contribution in [2.75, 3.05) is 18.8 Å². The van der Waals surface area contributed by atoms with Gasteiger partial charge in [-0.3, -0.25) is 0 Å². The molecule has 0 bridgehead atoms.